The number of para-hydroxylation sites is 1. The normalized spacial score (nSPS) is 20.1. The Labute approximate surface area is 362 Å². The first-order chi connectivity index (χ1) is 29.7. The van der Waals surface area contributed by atoms with Crippen LogP contribution in [-0.2, 0) is 47.7 Å². The van der Waals surface area contributed by atoms with Crippen molar-refractivity contribution in [3.63, 3.8) is 0 Å². The summed E-state index contributed by atoms with van der Waals surface area (Å²) in [6.45, 7) is 3.23. The number of esters is 1. The van der Waals surface area contributed by atoms with Crippen molar-refractivity contribution in [3.8, 4) is 0 Å². The summed E-state index contributed by atoms with van der Waals surface area (Å²) in [5, 5.41) is 2.64. The third-order valence-corrected chi connectivity index (χ3v) is 13.3. The standard InChI is InChI=1S/C43H53ClF3N7O8/c44-33-25-27(24-32(37(33)48)43(45,46)47)26-35(62-42(60)53-19-12-31(13-20-53)54-21-11-30-4-1-2-5-34(30)49-41(54)59)38(56)51-15-7-28(8-16-51)29-9-17-52(18-10-29)39(57)40(58)61-23-22-50-14-3-6-36(50)55/h1-2,4-5,24-25,28-29,31,35H,3,6-23,26,48H2,(H,49,59)/t35-/m1/s1. The monoisotopic (exact) mass is 887 g/mol. The number of nitrogens with zero attached hydrogens (tertiary/aromatic N) is 5. The number of rotatable bonds is 9. The molecule has 0 spiro atoms. The minimum Gasteiger partial charge on any atom is -0.457 e. The highest BCUT2D eigenvalue weighted by Crippen LogP contribution is 2.39. The molecule has 4 saturated heterocycles. The van der Waals surface area contributed by atoms with Crippen molar-refractivity contribution in [2.45, 2.75) is 82.5 Å². The fourth-order valence-electron chi connectivity index (χ4n) is 9.46. The van der Waals surface area contributed by atoms with Crippen molar-refractivity contribution in [1.29, 1.82) is 0 Å². The highest BCUT2D eigenvalue weighted by Gasteiger charge is 2.39. The van der Waals surface area contributed by atoms with E-state index in [2.05, 4.69) is 5.32 Å². The van der Waals surface area contributed by atoms with Crippen LogP contribution in [0.2, 0.25) is 5.02 Å². The molecule has 62 heavy (non-hydrogen) atoms. The first-order valence-electron chi connectivity index (χ1n) is 21.4. The number of carbonyl (C=O) groups is 6. The largest absolute Gasteiger partial charge is 0.457 e. The Morgan fingerprint density at radius 2 is 1.48 bits per heavy atom. The summed E-state index contributed by atoms with van der Waals surface area (Å²) in [7, 11) is 0. The molecule has 5 heterocycles. The van der Waals surface area contributed by atoms with Gasteiger partial charge in [0.15, 0.2) is 6.10 Å². The lowest BCUT2D eigenvalue weighted by molar-refractivity contribution is -0.161. The molecule has 0 aliphatic carbocycles. The maximum absolute atomic E-state index is 14.2. The van der Waals surface area contributed by atoms with Crippen molar-refractivity contribution in [2.24, 2.45) is 11.8 Å². The first-order valence-corrected chi connectivity index (χ1v) is 21.8. The van der Waals surface area contributed by atoms with Gasteiger partial charge < -0.3 is 45.0 Å². The van der Waals surface area contributed by atoms with Crippen LogP contribution in [0.15, 0.2) is 36.4 Å². The van der Waals surface area contributed by atoms with E-state index in [9.17, 15) is 41.9 Å². The summed E-state index contributed by atoms with van der Waals surface area (Å²) >= 11 is 6.14. The second-order valence-corrected chi connectivity index (χ2v) is 17.2. The maximum atomic E-state index is 14.2. The number of fused-ring (bicyclic) bond motifs is 1. The van der Waals surface area contributed by atoms with Crippen molar-refractivity contribution >= 4 is 58.8 Å². The average Bonchev–Trinajstić information content (AvgIpc) is 3.59. The summed E-state index contributed by atoms with van der Waals surface area (Å²) in [5.41, 5.74) is 5.72. The summed E-state index contributed by atoms with van der Waals surface area (Å²) in [5.74, 6) is -1.72. The Kier molecular flexibility index (Phi) is 14.0. The number of carbonyl (C=O) groups excluding carboxylic acids is 6. The van der Waals surface area contributed by atoms with Gasteiger partial charge in [-0.15, -0.1) is 0 Å². The van der Waals surface area contributed by atoms with Gasteiger partial charge >= 0.3 is 30.2 Å². The van der Waals surface area contributed by atoms with E-state index in [0.717, 1.165) is 23.7 Å². The van der Waals surface area contributed by atoms with Crippen molar-refractivity contribution < 1.29 is 51.4 Å². The van der Waals surface area contributed by atoms with E-state index in [4.69, 9.17) is 26.8 Å². The lowest BCUT2D eigenvalue weighted by atomic mass is 9.78. The molecule has 3 N–H and O–H groups in total. The predicted octanol–water partition coefficient (Wildman–Crippen LogP) is 5.19. The highest BCUT2D eigenvalue weighted by atomic mass is 35.5. The van der Waals surface area contributed by atoms with Gasteiger partial charge in [0.25, 0.3) is 5.91 Å². The lowest BCUT2D eigenvalue weighted by Gasteiger charge is -2.41. The summed E-state index contributed by atoms with van der Waals surface area (Å²) < 4.78 is 52.8. The molecule has 5 aliphatic heterocycles. The van der Waals surface area contributed by atoms with Crippen molar-refractivity contribution in [3.05, 3.63) is 58.1 Å². The number of likely N-dealkylation sites (tertiary alicyclic amines) is 4. The van der Waals surface area contributed by atoms with E-state index in [1.165, 1.54) is 15.9 Å². The smallest absolute Gasteiger partial charge is 0.418 e. The topological polar surface area (TPSA) is 175 Å². The zero-order valence-electron chi connectivity index (χ0n) is 34.5. The van der Waals surface area contributed by atoms with Crippen LogP contribution in [0.3, 0.4) is 0 Å². The SMILES string of the molecule is Nc1c(Cl)cc(C[C@@H](OC(=O)N2CCC(N3CCc4ccccc4NC3=O)CC2)C(=O)N2CCC(C3CCN(C(=O)C(=O)OCCN4CCCC4=O)CC3)CC2)cc1C(F)(F)F. The van der Waals surface area contributed by atoms with E-state index < -0.39 is 47.4 Å². The minimum absolute atomic E-state index is 0.0101. The molecule has 19 heteroatoms. The number of nitrogens with two attached hydrogens (primary N) is 1. The number of amides is 6. The van der Waals surface area contributed by atoms with Crippen LogP contribution >= 0.6 is 11.6 Å². The van der Waals surface area contributed by atoms with Gasteiger partial charge in [0, 0.05) is 76.9 Å². The molecule has 0 bridgehead atoms. The number of nitrogen functional groups attached to an aromatic ring is 1. The Morgan fingerprint density at radius 1 is 0.839 bits per heavy atom. The lowest BCUT2D eigenvalue weighted by Crippen LogP contribution is -2.52. The highest BCUT2D eigenvalue weighted by molar-refractivity contribution is 6.33. The fraction of sp³-hybridized carbons (Fsp3) is 0.581. The van der Waals surface area contributed by atoms with Crippen LogP contribution in [-0.4, -0.2) is 138 Å². The molecule has 5 aliphatic rings. The number of piperidine rings is 3. The van der Waals surface area contributed by atoms with Crippen LogP contribution in [0.5, 0.6) is 0 Å². The molecule has 6 amide bonds. The molecular weight excluding hydrogens is 835 g/mol. The molecule has 2 aromatic rings. The van der Waals surface area contributed by atoms with Crippen LogP contribution in [0.4, 0.5) is 34.1 Å². The molecule has 336 valence electrons. The molecule has 15 nitrogen and oxygen atoms in total. The summed E-state index contributed by atoms with van der Waals surface area (Å²) in [6, 6.07) is 9.33. The fourth-order valence-corrected chi connectivity index (χ4v) is 9.70. The molecule has 1 atom stereocenters. The third-order valence-electron chi connectivity index (χ3n) is 13.0. The third kappa shape index (κ3) is 10.5. The molecule has 2 aromatic carbocycles. The molecule has 0 aromatic heterocycles. The molecule has 0 saturated carbocycles. The van der Waals surface area contributed by atoms with Gasteiger partial charge in [-0.3, -0.25) is 14.4 Å². The van der Waals surface area contributed by atoms with Crippen molar-refractivity contribution in [2.75, 3.05) is 76.6 Å². The Bertz CT molecular complexity index is 2020. The summed E-state index contributed by atoms with van der Waals surface area (Å²) in [4.78, 5) is 86.0. The van der Waals surface area contributed by atoms with E-state index >= 15 is 0 Å². The van der Waals surface area contributed by atoms with Crippen molar-refractivity contribution in [1.82, 2.24) is 24.5 Å². The molecular formula is C43H53ClF3N7O8. The number of hydrogen-bond acceptors (Lipinski definition) is 9. The van der Waals surface area contributed by atoms with E-state index in [1.54, 1.807) is 14.7 Å². The van der Waals surface area contributed by atoms with Crippen LogP contribution < -0.4 is 11.1 Å². The first kappa shape index (κ1) is 44.8. The van der Waals surface area contributed by atoms with Gasteiger partial charge in [0.2, 0.25) is 5.91 Å². The summed E-state index contributed by atoms with van der Waals surface area (Å²) in [6.07, 6.45) is -2.03. The number of hydrogen-bond donors (Lipinski definition) is 2. The number of urea groups is 1. The van der Waals surface area contributed by atoms with Gasteiger partial charge in [0.05, 0.1) is 22.8 Å². The quantitative estimate of drug-likeness (QED) is 0.195. The number of benzene rings is 2. The van der Waals surface area contributed by atoms with E-state index in [-0.39, 0.29) is 73.1 Å². The maximum Gasteiger partial charge on any atom is 0.418 e. The Balaban J connectivity index is 0.937. The van der Waals surface area contributed by atoms with Crippen LogP contribution in [0, 0.1) is 11.8 Å². The number of ether oxygens (including phenoxy) is 2. The van der Waals surface area contributed by atoms with E-state index in [1.807, 2.05) is 24.3 Å². The van der Waals surface area contributed by atoms with Gasteiger partial charge in [-0.25, -0.2) is 14.4 Å². The van der Waals surface area contributed by atoms with Gasteiger partial charge in [-0.05, 0) is 92.5 Å². The van der Waals surface area contributed by atoms with E-state index in [0.29, 0.717) is 90.6 Å². The number of nitrogens with one attached hydrogen (secondary N) is 1. The predicted molar refractivity (Wildman–Crippen MR) is 221 cm³/mol. The second kappa shape index (κ2) is 19.4. The average molecular weight is 888 g/mol. The van der Waals surface area contributed by atoms with Gasteiger partial charge in [0.1, 0.15) is 6.61 Å². The van der Waals surface area contributed by atoms with Crippen LogP contribution in [0.25, 0.3) is 0 Å². The number of halogens is 4. The number of anilines is 2. The Hall–Kier alpha value is -5.26. The molecule has 7 rings (SSSR count). The van der Waals surface area contributed by atoms with Crippen LogP contribution in [0.1, 0.15) is 68.1 Å². The second-order valence-electron chi connectivity index (χ2n) is 16.8. The molecule has 0 unspecified atom stereocenters. The Morgan fingerprint density at radius 3 is 2.13 bits per heavy atom. The zero-order valence-corrected chi connectivity index (χ0v) is 35.3. The number of alkyl halides is 3. The van der Waals surface area contributed by atoms with Gasteiger partial charge in [-0.2, -0.15) is 13.2 Å². The molecule has 0 radical (unpaired) electrons. The minimum atomic E-state index is -4.82. The zero-order chi connectivity index (χ0) is 44.1. The molecule has 4 fully saturated rings. The van der Waals surface area contributed by atoms with Gasteiger partial charge in [-0.1, -0.05) is 29.8 Å².